The van der Waals surface area contributed by atoms with Crippen LogP contribution in [0.1, 0.15) is 12.5 Å². The van der Waals surface area contributed by atoms with Crippen LogP contribution in [0, 0.1) is 6.92 Å². The van der Waals surface area contributed by atoms with Gasteiger partial charge in [0.05, 0.1) is 17.7 Å². The minimum absolute atomic E-state index is 0.214. The zero-order valence-corrected chi connectivity index (χ0v) is 15.8. The number of hydrogen-bond donors (Lipinski definition) is 1. The molecule has 1 heterocycles. The van der Waals surface area contributed by atoms with Crippen molar-refractivity contribution < 1.29 is 14.3 Å². The van der Waals surface area contributed by atoms with E-state index in [1.807, 2.05) is 43.3 Å². The summed E-state index contributed by atoms with van der Waals surface area (Å²) in [4.78, 5) is 4.79. The average molecular weight is 371 g/mol. The Hall–Kier alpha value is -3.53. The molecule has 0 atom stereocenters. The summed E-state index contributed by atoms with van der Waals surface area (Å²) in [5, 5.41) is 11.2. The van der Waals surface area contributed by atoms with Crippen LogP contribution in [0.3, 0.4) is 0 Å². The van der Waals surface area contributed by atoms with Gasteiger partial charge in [-0.3, -0.25) is 0 Å². The fourth-order valence-electron chi connectivity index (χ4n) is 3.02. The molecule has 0 aliphatic heterocycles. The van der Waals surface area contributed by atoms with Crippen LogP contribution in [0.2, 0.25) is 0 Å². The molecule has 4 heteroatoms. The molecule has 0 saturated carbocycles. The second-order valence-corrected chi connectivity index (χ2v) is 6.58. The van der Waals surface area contributed by atoms with Gasteiger partial charge in [0.25, 0.3) is 0 Å². The van der Waals surface area contributed by atoms with Crippen molar-refractivity contribution >= 4 is 16.7 Å². The van der Waals surface area contributed by atoms with Crippen molar-refractivity contribution in [1.82, 2.24) is 0 Å². The third kappa shape index (κ3) is 3.76. The Morgan fingerprint density at radius 3 is 2.39 bits per heavy atom. The molecule has 4 rings (SSSR count). The predicted octanol–water partition coefficient (Wildman–Crippen LogP) is 5.74. The minimum atomic E-state index is 0.214. The monoisotopic (exact) mass is 371 g/mol. The van der Waals surface area contributed by atoms with Gasteiger partial charge in [-0.05, 0) is 56.3 Å². The number of phenolic OH excluding ortho intramolecular Hbond substituents is 1. The van der Waals surface area contributed by atoms with Crippen LogP contribution >= 0.6 is 0 Å². The molecule has 0 bridgehead atoms. The number of nitrogens with zero attached hydrogens (tertiary/aromatic N) is 1. The topological polar surface area (TPSA) is 55.0 Å². The van der Waals surface area contributed by atoms with E-state index in [-0.39, 0.29) is 5.75 Å². The summed E-state index contributed by atoms with van der Waals surface area (Å²) in [5.41, 5.74) is 3.67. The first-order valence-corrected chi connectivity index (χ1v) is 9.24. The molecule has 3 aromatic carbocycles. The zero-order valence-electron chi connectivity index (χ0n) is 15.8. The zero-order chi connectivity index (χ0) is 19.5. The fourth-order valence-corrected chi connectivity index (χ4v) is 3.02. The van der Waals surface area contributed by atoms with E-state index in [0.717, 1.165) is 39.1 Å². The molecule has 0 aliphatic rings. The second-order valence-electron chi connectivity index (χ2n) is 6.58. The van der Waals surface area contributed by atoms with Crippen molar-refractivity contribution in [3.8, 4) is 22.8 Å². The number of fused-ring (bicyclic) bond motifs is 1. The first-order chi connectivity index (χ1) is 13.6. The molecule has 0 aliphatic carbocycles. The molecule has 1 N–H and O–H groups in total. The molecule has 1 aromatic heterocycles. The number of aromatic hydroxyl groups is 1. The van der Waals surface area contributed by atoms with E-state index >= 15 is 0 Å². The normalized spacial score (nSPS) is 11.7. The number of phenols is 1. The highest BCUT2D eigenvalue weighted by Gasteiger charge is 2.08. The maximum atomic E-state index is 9.53. The summed E-state index contributed by atoms with van der Waals surface area (Å²) in [5.74, 6) is 1.73. The molecular formula is C24H21NO3. The van der Waals surface area contributed by atoms with E-state index in [1.165, 1.54) is 5.56 Å². The molecule has 0 fully saturated rings. The van der Waals surface area contributed by atoms with E-state index in [4.69, 9.17) is 14.1 Å². The summed E-state index contributed by atoms with van der Waals surface area (Å²) < 4.78 is 11.8. The van der Waals surface area contributed by atoms with Crippen molar-refractivity contribution in [3.05, 3.63) is 83.7 Å². The molecule has 0 saturated heterocycles. The van der Waals surface area contributed by atoms with Crippen LogP contribution in [0.25, 0.3) is 22.3 Å². The average Bonchev–Trinajstić information content (AvgIpc) is 2.70. The van der Waals surface area contributed by atoms with E-state index in [1.54, 1.807) is 24.3 Å². The smallest absolute Gasteiger partial charge is 0.137 e. The lowest BCUT2D eigenvalue weighted by Gasteiger charge is -2.08. The van der Waals surface area contributed by atoms with Gasteiger partial charge in [-0.1, -0.05) is 29.8 Å². The SMILES string of the molecule is CCOc1ccc2oc(-c3ccc(C)cc3)cc(=Nc3ccc(O)cc3)c2c1. The summed E-state index contributed by atoms with van der Waals surface area (Å²) in [7, 11) is 0. The summed E-state index contributed by atoms with van der Waals surface area (Å²) in [6.07, 6.45) is 0. The number of rotatable bonds is 4. The van der Waals surface area contributed by atoms with Gasteiger partial charge < -0.3 is 14.3 Å². The standard InChI is InChI=1S/C24H21NO3/c1-3-27-20-12-13-23-21(14-20)22(25-18-8-10-19(26)11-9-18)15-24(28-23)17-6-4-16(2)5-7-17/h4-15,26H,3H2,1-2H3. The largest absolute Gasteiger partial charge is 0.508 e. The van der Waals surface area contributed by atoms with Gasteiger partial charge in [0.2, 0.25) is 0 Å². The van der Waals surface area contributed by atoms with Crippen LogP contribution in [0.4, 0.5) is 5.69 Å². The maximum absolute atomic E-state index is 9.53. The Bertz CT molecular complexity index is 1170. The van der Waals surface area contributed by atoms with Gasteiger partial charge in [0, 0.05) is 17.0 Å². The van der Waals surface area contributed by atoms with Crippen molar-refractivity contribution in [2.75, 3.05) is 6.61 Å². The predicted molar refractivity (Wildman–Crippen MR) is 111 cm³/mol. The van der Waals surface area contributed by atoms with Crippen molar-refractivity contribution in [2.24, 2.45) is 4.99 Å². The number of aryl methyl sites for hydroxylation is 1. The third-order valence-electron chi connectivity index (χ3n) is 4.46. The van der Waals surface area contributed by atoms with Gasteiger partial charge in [0.15, 0.2) is 0 Å². The number of hydrogen-bond acceptors (Lipinski definition) is 4. The Kier molecular flexibility index (Phi) is 4.85. The quantitative estimate of drug-likeness (QED) is 0.497. The molecule has 140 valence electrons. The molecule has 0 unspecified atom stereocenters. The second kappa shape index (κ2) is 7.61. The van der Waals surface area contributed by atoms with Gasteiger partial charge >= 0.3 is 0 Å². The van der Waals surface area contributed by atoms with Gasteiger partial charge in [-0.2, -0.15) is 0 Å². The number of benzene rings is 3. The number of ether oxygens (including phenoxy) is 1. The molecule has 0 radical (unpaired) electrons. The van der Waals surface area contributed by atoms with Crippen molar-refractivity contribution in [3.63, 3.8) is 0 Å². The van der Waals surface area contributed by atoms with E-state index < -0.39 is 0 Å². The first kappa shape index (κ1) is 17.9. The van der Waals surface area contributed by atoms with Crippen molar-refractivity contribution in [1.29, 1.82) is 0 Å². The summed E-state index contributed by atoms with van der Waals surface area (Å²) in [6, 6.07) is 22.7. The van der Waals surface area contributed by atoms with Crippen LogP contribution in [0.5, 0.6) is 11.5 Å². The third-order valence-corrected chi connectivity index (χ3v) is 4.46. The highest BCUT2D eigenvalue weighted by molar-refractivity contribution is 5.80. The lowest BCUT2D eigenvalue weighted by molar-refractivity contribution is 0.340. The summed E-state index contributed by atoms with van der Waals surface area (Å²) >= 11 is 0. The lowest BCUT2D eigenvalue weighted by atomic mass is 10.1. The van der Waals surface area contributed by atoms with Gasteiger partial charge in [-0.25, -0.2) is 4.99 Å². The lowest BCUT2D eigenvalue weighted by Crippen LogP contribution is -2.04. The Morgan fingerprint density at radius 2 is 1.68 bits per heavy atom. The van der Waals surface area contributed by atoms with Crippen LogP contribution < -0.4 is 10.1 Å². The fraction of sp³-hybridized carbons (Fsp3) is 0.125. The molecule has 28 heavy (non-hydrogen) atoms. The van der Waals surface area contributed by atoms with Gasteiger partial charge in [-0.15, -0.1) is 0 Å². The van der Waals surface area contributed by atoms with E-state index in [9.17, 15) is 5.11 Å². The van der Waals surface area contributed by atoms with Crippen molar-refractivity contribution in [2.45, 2.75) is 13.8 Å². The first-order valence-electron chi connectivity index (χ1n) is 9.24. The minimum Gasteiger partial charge on any atom is -0.508 e. The molecule has 0 spiro atoms. The Balaban J connectivity index is 1.95. The molecule has 0 amide bonds. The van der Waals surface area contributed by atoms with Gasteiger partial charge in [0.1, 0.15) is 22.8 Å². The van der Waals surface area contributed by atoms with Crippen LogP contribution in [-0.2, 0) is 0 Å². The van der Waals surface area contributed by atoms with Crippen LogP contribution in [-0.4, -0.2) is 11.7 Å². The Morgan fingerprint density at radius 1 is 0.929 bits per heavy atom. The molecular weight excluding hydrogens is 350 g/mol. The maximum Gasteiger partial charge on any atom is 0.137 e. The highest BCUT2D eigenvalue weighted by atomic mass is 16.5. The molecule has 4 aromatic rings. The van der Waals surface area contributed by atoms with E-state index in [2.05, 4.69) is 19.1 Å². The van der Waals surface area contributed by atoms with E-state index in [0.29, 0.717) is 6.61 Å². The van der Waals surface area contributed by atoms with Crippen LogP contribution in [0.15, 0.2) is 82.2 Å². The Labute approximate surface area is 163 Å². The highest BCUT2D eigenvalue weighted by Crippen LogP contribution is 2.26. The molecule has 4 nitrogen and oxygen atoms in total. The summed E-state index contributed by atoms with van der Waals surface area (Å²) in [6.45, 7) is 4.60.